The molecule has 21 heavy (non-hydrogen) atoms. The van der Waals surface area contributed by atoms with Crippen LogP contribution in [0.3, 0.4) is 0 Å². The lowest BCUT2D eigenvalue weighted by atomic mass is 10.1. The Balaban J connectivity index is 1.90. The van der Waals surface area contributed by atoms with Crippen molar-refractivity contribution in [1.29, 1.82) is 0 Å². The molecule has 1 atom stereocenters. The van der Waals surface area contributed by atoms with Gasteiger partial charge in [-0.1, -0.05) is 12.1 Å². The summed E-state index contributed by atoms with van der Waals surface area (Å²) in [6.45, 7) is 5.59. The molecule has 1 aliphatic heterocycles. The van der Waals surface area contributed by atoms with Crippen LogP contribution in [-0.4, -0.2) is 56.8 Å². The molecule has 0 spiro atoms. The van der Waals surface area contributed by atoms with E-state index in [0.717, 1.165) is 31.8 Å². The Morgan fingerprint density at radius 3 is 2.81 bits per heavy atom. The second-order valence-electron chi connectivity index (χ2n) is 5.11. The third kappa shape index (κ3) is 4.44. The summed E-state index contributed by atoms with van der Waals surface area (Å²) in [5, 5.41) is 3.26. The van der Waals surface area contributed by atoms with Crippen molar-refractivity contribution in [2.75, 3.05) is 39.9 Å². The first-order valence-corrected chi connectivity index (χ1v) is 7.49. The normalized spacial score (nSPS) is 19.2. The van der Waals surface area contributed by atoms with Crippen LogP contribution in [0.5, 0.6) is 5.75 Å². The number of nitrogens with one attached hydrogen (secondary N) is 1. The number of hydrogen-bond donors (Lipinski definition) is 1. The third-order valence-corrected chi connectivity index (χ3v) is 3.76. The van der Waals surface area contributed by atoms with E-state index in [0.29, 0.717) is 13.2 Å². The van der Waals surface area contributed by atoms with Crippen LogP contribution in [0, 0.1) is 0 Å². The molecule has 5 heteroatoms. The van der Waals surface area contributed by atoms with Gasteiger partial charge in [0.15, 0.2) is 0 Å². The molecule has 0 bridgehead atoms. The number of benzene rings is 1. The number of nitrogens with zero attached hydrogens (tertiary/aromatic N) is 1. The van der Waals surface area contributed by atoms with Gasteiger partial charge >= 0.3 is 5.97 Å². The first-order chi connectivity index (χ1) is 10.2. The van der Waals surface area contributed by atoms with Gasteiger partial charge in [0.1, 0.15) is 11.8 Å². The van der Waals surface area contributed by atoms with Crippen LogP contribution < -0.4 is 10.1 Å². The maximum absolute atomic E-state index is 12.0. The summed E-state index contributed by atoms with van der Waals surface area (Å²) in [6.07, 6.45) is 0.917. The number of carbonyl (C=O) groups is 1. The number of hydrogen-bond acceptors (Lipinski definition) is 5. The van der Waals surface area contributed by atoms with Gasteiger partial charge in [0, 0.05) is 26.2 Å². The Kier molecular flexibility index (Phi) is 6.02. The van der Waals surface area contributed by atoms with Gasteiger partial charge in [-0.25, -0.2) is 0 Å². The topological polar surface area (TPSA) is 50.8 Å². The largest absolute Gasteiger partial charge is 0.497 e. The minimum atomic E-state index is -0.169. The van der Waals surface area contributed by atoms with E-state index in [1.807, 2.05) is 19.1 Å². The maximum Gasteiger partial charge on any atom is 0.324 e. The van der Waals surface area contributed by atoms with Crippen molar-refractivity contribution in [3.05, 3.63) is 29.8 Å². The highest BCUT2D eigenvalue weighted by atomic mass is 16.5. The van der Waals surface area contributed by atoms with E-state index < -0.39 is 0 Å². The minimum Gasteiger partial charge on any atom is -0.497 e. The molecule has 1 aromatic carbocycles. The second kappa shape index (κ2) is 8.00. The van der Waals surface area contributed by atoms with E-state index in [9.17, 15) is 4.79 Å². The van der Waals surface area contributed by atoms with E-state index in [2.05, 4.69) is 22.3 Å². The van der Waals surface area contributed by atoms with Crippen molar-refractivity contribution < 1.29 is 14.3 Å². The van der Waals surface area contributed by atoms with Gasteiger partial charge in [0.25, 0.3) is 0 Å². The van der Waals surface area contributed by atoms with Crippen LogP contribution in [0.15, 0.2) is 24.3 Å². The molecular formula is C16H24N2O3. The predicted molar refractivity (Wildman–Crippen MR) is 81.6 cm³/mol. The standard InChI is InChI=1S/C16H24N2O3/c1-3-21-16(19)15-12-17-9-11-18(15)10-8-13-4-6-14(20-2)7-5-13/h4-7,15,17H,3,8-12H2,1-2H3. The summed E-state index contributed by atoms with van der Waals surface area (Å²) in [6, 6.07) is 7.91. The molecule has 116 valence electrons. The Morgan fingerprint density at radius 1 is 1.38 bits per heavy atom. The Labute approximate surface area is 126 Å². The van der Waals surface area contributed by atoms with Gasteiger partial charge in [-0.2, -0.15) is 0 Å². The highest BCUT2D eigenvalue weighted by Gasteiger charge is 2.29. The van der Waals surface area contributed by atoms with Crippen LogP contribution in [-0.2, 0) is 16.0 Å². The summed E-state index contributed by atoms with van der Waals surface area (Å²) >= 11 is 0. The number of esters is 1. The highest BCUT2D eigenvalue weighted by molar-refractivity contribution is 5.76. The van der Waals surface area contributed by atoms with Gasteiger partial charge in [0.05, 0.1) is 13.7 Å². The van der Waals surface area contributed by atoms with Crippen molar-refractivity contribution in [2.45, 2.75) is 19.4 Å². The van der Waals surface area contributed by atoms with Crippen LogP contribution in [0.1, 0.15) is 12.5 Å². The molecule has 0 radical (unpaired) electrons. The van der Waals surface area contributed by atoms with Gasteiger partial charge in [-0.3, -0.25) is 9.69 Å². The fraction of sp³-hybridized carbons (Fsp3) is 0.562. The third-order valence-electron chi connectivity index (χ3n) is 3.76. The minimum absolute atomic E-state index is 0.126. The summed E-state index contributed by atoms with van der Waals surface area (Å²) < 4.78 is 10.3. The molecule has 2 rings (SSSR count). The lowest BCUT2D eigenvalue weighted by molar-refractivity contribution is -0.150. The molecule has 0 saturated carbocycles. The molecule has 5 nitrogen and oxygen atoms in total. The van der Waals surface area contributed by atoms with Crippen molar-refractivity contribution in [3.63, 3.8) is 0 Å². The number of carbonyl (C=O) groups excluding carboxylic acids is 1. The zero-order valence-corrected chi connectivity index (χ0v) is 12.8. The molecule has 1 unspecified atom stereocenters. The first kappa shape index (κ1) is 15.8. The number of piperazine rings is 1. The molecule has 0 aliphatic carbocycles. The fourth-order valence-corrected chi connectivity index (χ4v) is 2.55. The van der Waals surface area contributed by atoms with Crippen molar-refractivity contribution in [2.24, 2.45) is 0 Å². The average molecular weight is 292 g/mol. The summed E-state index contributed by atoms with van der Waals surface area (Å²) in [5.41, 5.74) is 1.25. The number of methoxy groups -OCH3 is 1. The Bertz CT molecular complexity index is 447. The monoisotopic (exact) mass is 292 g/mol. The number of ether oxygens (including phenoxy) is 2. The quantitative estimate of drug-likeness (QED) is 0.795. The zero-order valence-electron chi connectivity index (χ0n) is 12.8. The smallest absolute Gasteiger partial charge is 0.324 e. The van der Waals surface area contributed by atoms with E-state index in [-0.39, 0.29) is 12.0 Å². The van der Waals surface area contributed by atoms with E-state index in [4.69, 9.17) is 9.47 Å². The van der Waals surface area contributed by atoms with Crippen molar-refractivity contribution >= 4 is 5.97 Å². The molecule has 1 aliphatic rings. The molecular weight excluding hydrogens is 268 g/mol. The van der Waals surface area contributed by atoms with Gasteiger partial charge in [0.2, 0.25) is 0 Å². The maximum atomic E-state index is 12.0. The highest BCUT2D eigenvalue weighted by Crippen LogP contribution is 2.13. The van der Waals surface area contributed by atoms with Gasteiger partial charge in [-0.15, -0.1) is 0 Å². The summed E-state index contributed by atoms with van der Waals surface area (Å²) in [7, 11) is 1.67. The average Bonchev–Trinajstić information content (AvgIpc) is 2.54. The zero-order chi connectivity index (χ0) is 15.1. The van der Waals surface area contributed by atoms with Crippen LogP contribution in [0.2, 0.25) is 0 Å². The lowest BCUT2D eigenvalue weighted by Crippen LogP contribution is -2.55. The van der Waals surface area contributed by atoms with Gasteiger partial charge in [-0.05, 0) is 31.0 Å². The van der Waals surface area contributed by atoms with Crippen LogP contribution in [0.4, 0.5) is 0 Å². The molecule has 0 aromatic heterocycles. The van der Waals surface area contributed by atoms with E-state index in [1.54, 1.807) is 7.11 Å². The first-order valence-electron chi connectivity index (χ1n) is 7.49. The molecule has 1 N–H and O–H groups in total. The van der Waals surface area contributed by atoms with E-state index >= 15 is 0 Å². The molecule has 1 aromatic rings. The summed E-state index contributed by atoms with van der Waals surface area (Å²) in [4.78, 5) is 14.2. The molecule has 0 amide bonds. The Morgan fingerprint density at radius 2 is 2.14 bits per heavy atom. The van der Waals surface area contributed by atoms with Crippen LogP contribution in [0.25, 0.3) is 0 Å². The fourth-order valence-electron chi connectivity index (χ4n) is 2.55. The second-order valence-corrected chi connectivity index (χ2v) is 5.11. The lowest BCUT2D eigenvalue weighted by Gasteiger charge is -2.34. The van der Waals surface area contributed by atoms with Crippen molar-refractivity contribution in [3.8, 4) is 5.75 Å². The molecule has 1 heterocycles. The molecule has 1 fully saturated rings. The summed E-state index contributed by atoms with van der Waals surface area (Å²) in [5.74, 6) is 0.741. The number of rotatable bonds is 6. The molecule has 1 saturated heterocycles. The SMILES string of the molecule is CCOC(=O)C1CNCCN1CCc1ccc(OC)cc1. The van der Waals surface area contributed by atoms with E-state index in [1.165, 1.54) is 5.56 Å². The van der Waals surface area contributed by atoms with Gasteiger partial charge < -0.3 is 14.8 Å². The van der Waals surface area contributed by atoms with Crippen molar-refractivity contribution in [1.82, 2.24) is 10.2 Å². The predicted octanol–water partition coefficient (Wildman–Crippen LogP) is 1.07. The Hall–Kier alpha value is -1.59. The van der Waals surface area contributed by atoms with Crippen LogP contribution >= 0.6 is 0 Å².